The van der Waals surface area contributed by atoms with Gasteiger partial charge in [-0.15, -0.1) is 0 Å². The number of carbonyl (C=O) groups is 1. The summed E-state index contributed by atoms with van der Waals surface area (Å²) in [5.41, 5.74) is 2.51. The summed E-state index contributed by atoms with van der Waals surface area (Å²) in [4.78, 5) is 23.3. The Bertz CT molecular complexity index is 1140. The minimum Gasteiger partial charge on any atom is -0.493 e. The van der Waals surface area contributed by atoms with E-state index < -0.39 is 0 Å². The number of amides is 1. The van der Waals surface area contributed by atoms with Crippen LogP contribution in [0.1, 0.15) is 28.8 Å². The fourth-order valence-corrected chi connectivity index (χ4v) is 4.62. The molecule has 1 aromatic heterocycles. The van der Waals surface area contributed by atoms with Crippen LogP contribution in [0.4, 0.5) is 5.69 Å². The van der Waals surface area contributed by atoms with Gasteiger partial charge in [0.25, 0.3) is 5.91 Å². The van der Waals surface area contributed by atoms with E-state index in [0.29, 0.717) is 52.6 Å². The van der Waals surface area contributed by atoms with E-state index in [9.17, 15) is 4.79 Å². The fraction of sp³-hybridized carbons (Fsp3) is 0.346. The standard InChI is InChI=1S/C26H28Cl2N4O3/c1-34-24-5-3-20(12-25(24)35-11-8-19-2-4-21(27)13-23(19)28)26(33)31-14-18-6-9-32(10-7-18)22-15-29-17-30-16-22/h2-5,12-13,15-18H,6-11,14H2,1H3,(H,31,33). The van der Waals surface area contributed by atoms with Gasteiger partial charge in [-0.25, -0.2) is 9.97 Å². The second kappa shape index (κ2) is 12.1. The first-order valence-electron chi connectivity index (χ1n) is 11.6. The molecule has 35 heavy (non-hydrogen) atoms. The number of aromatic nitrogens is 2. The number of hydrogen-bond acceptors (Lipinski definition) is 6. The number of anilines is 1. The van der Waals surface area contributed by atoms with Gasteiger partial charge in [0.1, 0.15) is 6.33 Å². The predicted molar refractivity (Wildman–Crippen MR) is 138 cm³/mol. The zero-order valence-electron chi connectivity index (χ0n) is 19.5. The second-order valence-electron chi connectivity index (χ2n) is 8.44. The summed E-state index contributed by atoms with van der Waals surface area (Å²) in [5, 5.41) is 4.27. The van der Waals surface area contributed by atoms with Crippen molar-refractivity contribution < 1.29 is 14.3 Å². The van der Waals surface area contributed by atoms with E-state index in [4.69, 9.17) is 32.7 Å². The number of hydrogen-bond donors (Lipinski definition) is 1. The average molecular weight is 515 g/mol. The Morgan fingerprint density at radius 3 is 2.57 bits per heavy atom. The van der Waals surface area contributed by atoms with Crippen LogP contribution in [0, 0.1) is 5.92 Å². The molecule has 1 aliphatic heterocycles. The third kappa shape index (κ3) is 6.77. The van der Waals surface area contributed by atoms with Crippen LogP contribution in [0.15, 0.2) is 55.1 Å². The third-order valence-electron chi connectivity index (χ3n) is 6.15. The molecule has 0 atom stereocenters. The Morgan fingerprint density at radius 2 is 1.86 bits per heavy atom. The maximum atomic E-state index is 12.8. The van der Waals surface area contributed by atoms with E-state index >= 15 is 0 Å². The number of nitrogens with one attached hydrogen (secondary N) is 1. The van der Waals surface area contributed by atoms with Gasteiger partial charge in [0, 0.05) is 41.7 Å². The summed E-state index contributed by atoms with van der Waals surface area (Å²) >= 11 is 12.2. The summed E-state index contributed by atoms with van der Waals surface area (Å²) in [6, 6.07) is 10.6. The van der Waals surface area contributed by atoms with Crippen molar-refractivity contribution in [2.24, 2.45) is 5.92 Å². The van der Waals surface area contributed by atoms with E-state index in [1.807, 2.05) is 18.5 Å². The van der Waals surface area contributed by atoms with Crippen molar-refractivity contribution >= 4 is 34.8 Å². The lowest BCUT2D eigenvalue weighted by Crippen LogP contribution is -2.38. The molecular formula is C26H28Cl2N4O3. The molecule has 0 bridgehead atoms. The van der Waals surface area contributed by atoms with Crippen LogP contribution < -0.4 is 19.7 Å². The first-order chi connectivity index (χ1) is 17.0. The molecule has 0 saturated carbocycles. The highest BCUT2D eigenvalue weighted by molar-refractivity contribution is 6.35. The maximum absolute atomic E-state index is 12.8. The van der Waals surface area contributed by atoms with Crippen LogP contribution in [-0.2, 0) is 6.42 Å². The van der Waals surface area contributed by atoms with Gasteiger partial charge in [0.05, 0.1) is 31.8 Å². The minimum atomic E-state index is -0.128. The smallest absolute Gasteiger partial charge is 0.251 e. The SMILES string of the molecule is COc1ccc(C(=O)NCC2CCN(c3cncnc3)CC2)cc1OCCc1ccc(Cl)cc1Cl. The van der Waals surface area contributed by atoms with Crippen LogP contribution in [0.25, 0.3) is 0 Å². The van der Waals surface area contributed by atoms with Crippen molar-refractivity contribution in [1.82, 2.24) is 15.3 Å². The third-order valence-corrected chi connectivity index (χ3v) is 6.73. The van der Waals surface area contributed by atoms with Crippen molar-refractivity contribution in [2.75, 3.05) is 38.3 Å². The Kier molecular flexibility index (Phi) is 8.66. The first-order valence-corrected chi connectivity index (χ1v) is 12.3. The number of methoxy groups -OCH3 is 1. The molecule has 7 nitrogen and oxygen atoms in total. The molecule has 2 heterocycles. The van der Waals surface area contributed by atoms with Crippen molar-refractivity contribution in [2.45, 2.75) is 19.3 Å². The first kappa shape index (κ1) is 25.1. The molecule has 0 spiro atoms. The molecule has 4 rings (SSSR count). The second-order valence-corrected chi connectivity index (χ2v) is 9.28. The van der Waals surface area contributed by atoms with Crippen molar-refractivity contribution in [3.8, 4) is 11.5 Å². The molecule has 0 aliphatic carbocycles. The topological polar surface area (TPSA) is 76.6 Å². The van der Waals surface area contributed by atoms with Crippen LogP contribution in [0.5, 0.6) is 11.5 Å². The van der Waals surface area contributed by atoms with Gasteiger partial charge in [0.15, 0.2) is 11.5 Å². The molecule has 1 amide bonds. The highest BCUT2D eigenvalue weighted by Gasteiger charge is 2.21. The van der Waals surface area contributed by atoms with E-state index in [1.165, 1.54) is 6.33 Å². The average Bonchev–Trinajstić information content (AvgIpc) is 2.89. The Balaban J connectivity index is 1.29. The minimum absolute atomic E-state index is 0.128. The Labute approximate surface area is 215 Å². The van der Waals surface area contributed by atoms with Gasteiger partial charge >= 0.3 is 0 Å². The number of nitrogens with zero attached hydrogens (tertiary/aromatic N) is 3. The summed E-state index contributed by atoms with van der Waals surface area (Å²) in [6.45, 7) is 2.86. The summed E-state index contributed by atoms with van der Waals surface area (Å²) in [7, 11) is 1.58. The molecule has 2 aromatic carbocycles. The molecule has 3 aromatic rings. The molecule has 1 N–H and O–H groups in total. The quantitative estimate of drug-likeness (QED) is 0.430. The number of rotatable bonds is 9. The molecule has 184 valence electrons. The van der Waals surface area contributed by atoms with Gasteiger partial charge in [-0.1, -0.05) is 29.3 Å². The zero-order valence-corrected chi connectivity index (χ0v) is 21.1. The van der Waals surface area contributed by atoms with E-state index in [1.54, 1.807) is 37.4 Å². The molecule has 0 radical (unpaired) electrons. The molecule has 9 heteroatoms. The predicted octanol–water partition coefficient (Wildman–Crippen LogP) is 5.06. The van der Waals surface area contributed by atoms with Gasteiger partial charge in [0.2, 0.25) is 0 Å². The lowest BCUT2D eigenvalue weighted by molar-refractivity contribution is 0.0944. The molecule has 1 saturated heterocycles. The molecular weight excluding hydrogens is 487 g/mol. The number of halogens is 2. The molecule has 1 fully saturated rings. The molecule has 1 aliphatic rings. The largest absolute Gasteiger partial charge is 0.493 e. The monoisotopic (exact) mass is 514 g/mol. The van der Waals surface area contributed by atoms with Gasteiger partial charge < -0.3 is 19.7 Å². The lowest BCUT2D eigenvalue weighted by Gasteiger charge is -2.33. The van der Waals surface area contributed by atoms with Crippen LogP contribution >= 0.6 is 23.2 Å². The maximum Gasteiger partial charge on any atom is 0.251 e. The van der Waals surface area contributed by atoms with Gasteiger partial charge in [-0.3, -0.25) is 4.79 Å². The molecule has 0 unspecified atom stereocenters. The van der Waals surface area contributed by atoms with Crippen molar-refractivity contribution in [3.05, 3.63) is 76.3 Å². The van der Waals surface area contributed by atoms with Gasteiger partial charge in [-0.05, 0) is 54.7 Å². The Hall–Kier alpha value is -3.03. The van der Waals surface area contributed by atoms with Crippen molar-refractivity contribution in [1.29, 1.82) is 0 Å². The van der Waals surface area contributed by atoms with E-state index in [0.717, 1.165) is 37.2 Å². The van der Waals surface area contributed by atoms with E-state index in [-0.39, 0.29) is 5.91 Å². The lowest BCUT2D eigenvalue weighted by atomic mass is 9.96. The summed E-state index contributed by atoms with van der Waals surface area (Å²) < 4.78 is 11.4. The van der Waals surface area contributed by atoms with E-state index in [2.05, 4.69) is 20.2 Å². The van der Waals surface area contributed by atoms with Crippen molar-refractivity contribution in [3.63, 3.8) is 0 Å². The highest BCUT2D eigenvalue weighted by atomic mass is 35.5. The summed E-state index contributed by atoms with van der Waals surface area (Å²) in [5.74, 6) is 1.39. The normalized spacial score (nSPS) is 14.0. The number of benzene rings is 2. The van der Waals surface area contributed by atoms with Crippen LogP contribution in [0.3, 0.4) is 0 Å². The Morgan fingerprint density at radius 1 is 1.09 bits per heavy atom. The van der Waals surface area contributed by atoms with Crippen LogP contribution in [-0.4, -0.2) is 49.2 Å². The fourth-order valence-electron chi connectivity index (χ4n) is 4.12. The summed E-state index contributed by atoms with van der Waals surface area (Å²) in [6.07, 6.45) is 7.81. The van der Waals surface area contributed by atoms with Crippen LogP contribution in [0.2, 0.25) is 10.0 Å². The number of ether oxygens (including phenoxy) is 2. The van der Waals surface area contributed by atoms with Gasteiger partial charge in [-0.2, -0.15) is 0 Å². The highest BCUT2D eigenvalue weighted by Crippen LogP contribution is 2.29. The number of piperidine rings is 1. The number of carbonyl (C=O) groups excluding carboxylic acids is 1. The zero-order chi connectivity index (χ0) is 24.6.